The third-order valence-corrected chi connectivity index (χ3v) is 3.82. The monoisotopic (exact) mass is 283 g/mol. The molecule has 4 rings (SSSR count). The van der Waals surface area contributed by atoms with Gasteiger partial charge in [0.15, 0.2) is 11.5 Å². The Labute approximate surface area is 120 Å². The van der Waals surface area contributed by atoms with E-state index < -0.39 is 0 Å². The number of benzene rings is 1. The summed E-state index contributed by atoms with van der Waals surface area (Å²) in [6.45, 7) is 1.86. The summed E-state index contributed by atoms with van der Waals surface area (Å²) in [7, 11) is 0. The molecule has 1 N–H and O–H groups in total. The van der Waals surface area contributed by atoms with E-state index in [1.165, 1.54) is 6.07 Å². The molecule has 1 aliphatic rings. The Balaban J connectivity index is 1.52. The van der Waals surface area contributed by atoms with Crippen molar-refractivity contribution in [3.8, 4) is 0 Å². The standard InChI is InChI=1S/C15H14FN5/c1-9-18-19-15-6-5-14(20-21(9)15)17-13-8-12(13)10-3-2-4-11(16)7-10/h2-7,12-13H,8H2,1H3,(H,17,20)/t12-,13+/m0/s1. The molecule has 3 aromatic rings. The van der Waals surface area contributed by atoms with Crippen LogP contribution in [0.1, 0.15) is 23.7 Å². The van der Waals surface area contributed by atoms with Crippen LogP contribution in [-0.2, 0) is 0 Å². The van der Waals surface area contributed by atoms with Gasteiger partial charge in [0.2, 0.25) is 0 Å². The molecule has 1 fully saturated rings. The van der Waals surface area contributed by atoms with Crippen molar-refractivity contribution in [2.75, 3.05) is 5.32 Å². The lowest BCUT2D eigenvalue weighted by molar-refractivity contribution is 0.625. The Kier molecular flexibility index (Phi) is 2.63. The zero-order chi connectivity index (χ0) is 14.4. The van der Waals surface area contributed by atoms with Gasteiger partial charge in [0.05, 0.1) is 0 Å². The van der Waals surface area contributed by atoms with E-state index in [1.54, 1.807) is 16.6 Å². The van der Waals surface area contributed by atoms with E-state index in [0.717, 1.165) is 29.3 Å². The molecule has 1 aromatic carbocycles. The lowest BCUT2D eigenvalue weighted by Crippen LogP contribution is -2.08. The van der Waals surface area contributed by atoms with Crippen LogP contribution in [0.3, 0.4) is 0 Å². The van der Waals surface area contributed by atoms with Gasteiger partial charge >= 0.3 is 0 Å². The number of rotatable bonds is 3. The van der Waals surface area contributed by atoms with Crippen molar-refractivity contribution in [1.82, 2.24) is 19.8 Å². The highest BCUT2D eigenvalue weighted by molar-refractivity contribution is 5.46. The first-order chi connectivity index (χ1) is 10.2. The molecule has 0 spiro atoms. The number of halogens is 1. The van der Waals surface area contributed by atoms with Crippen molar-refractivity contribution in [2.24, 2.45) is 0 Å². The van der Waals surface area contributed by atoms with Crippen LogP contribution in [0, 0.1) is 12.7 Å². The Morgan fingerprint density at radius 2 is 2.14 bits per heavy atom. The first kappa shape index (κ1) is 12.3. The second kappa shape index (κ2) is 4.51. The second-order valence-electron chi connectivity index (χ2n) is 5.38. The van der Waals surface area contributed by atoms with Gasteiger partial charge < -0.3 is 5.32 Å². The third kappa shape index (κ3) is 2.22. The van der Waals surface area contributed by atoms with Crippen LogP contribution >= 0.6 is 0 Å². The van der Waals surface area contributed by atoms with E-state index in [1.807, 2.05) is 25.1 Å². The van der Waals surface area contributed by atoms with Crippen LogP contribution in [0.5, 0.6) is 0 Å². The highest BCUT2D eigenvalue weighted by atomic mass is 19.1. The van der Waals surface area contributed by atoms with Crippen LogP contribution in [0.2, 0.25) is 0 Å². The maximum atomic E-state index is 13.2. The smallest absolute Gasteiger partial charge is 0.178 e. The van der Waals surface area contributed by atoms with E-state index in [9.17, 15) is 4.39 Å². The summed E-state index contributed by atoms with van der Waals surface area (Å²) in [5.41, 5.74) is 1.77. The Bertz CT molecular complexity index is 813. The van der Waals surface area contributed by atoms with Gasteiger partial charge in [0.1, 0.15) is 11.6 Å². The van der Waals surface area contributed by atoms with Crippen molar-refractivity contribution in [2.45, 2.75) is 25.3 Å². The van der Waals surface area contributed by atoms with Gasteiger partial charge in [-0.3, -0.25) is 0 Å². The van der Waals surface area contributed by atoms with Gasteiger partial charge in [-0.05, 0) is 43.2 Å². The summed E-state index contributed by atoms with van der Waals surface area (Å²) in [6.07, 6.45) is 0.990. The number of anilines is 1. The van der Waals surface area contributed by atoms with Crippen molar-refractivity contribution in [3.63, 3.8) is 0 Å². The molecule has 2 aromatic heterocycles. The molecular formula is C15H14FN5. The number of hydrogen-bond donors (Lipinski definition) is 1. The normalized spacial score (nSPS) is 20.7. The van der Waals surface area contributed by atoms with E-state index in [0.29, 0.717) is 12.0 Å². The number of hydrogen-bond acceptors (Lipinski definition) is 4. The lowest BCUT2D eigenvalue weighted by Gasteiger charge is -2.05. The number of aromatic nitrogens is 4. The first-order valence-corrected chi connectivity index (χ1v) is 6.92. The minimum atomic E-state index is -0.183. The molecule has 0 bridgehead atoms. The zero-order valence-electron chi connectivity index (χ0n) is 11.5. The van der Waals surface area contributed by atoms with Gasteiger partial charge in [-0.25, -0.2) is 4.39 Å². The molecule has 2 heterocycles. The molecule has 0 aliphatic heterocycles. The van der Waals surface area contributed by atoms with Gasteiger partial charge in [-0.1, -0.05) is 12.1 Å². The number of fused-ring (bicyclic) bond motifs is 1. The van der Waals surface area contributed by atoms with E-state index >= 15 is 0 Å². The van der Waals surface area contributed by atoms with Crippen LogP contribution < -0.4 is 5.32 Å². The molecule has 0 saturated heterocycles. The summed E-state index contributed by atoms with van der Waals surface area (Å²) in [5, 5.41) is 15.8. The average molecular weight is 283 g/mol. The Morgan fingerprint density at radius 3 is 3.00 bits per heavy atom. The molecule has 21 heavy (non-hydrogen) atoms. The summed E-state index contributed by atoms with van der Waals surface area (Å²) < 4.78 is 15.0. The quantitative estimate of drug-likeness (QED) is 0.802. The molecule has 106 valence electrons. The minimum Gasteiger partial charge on any atom is -0.365 e. The van der Waals surface area contributed by atoms with Crippen LogP contribution in [0.15, 0.2) is 36.4 Å². The Hall–Kier alpha value is -2.50. The number of aryl methyl sites for hydroxylation is 1. The minimum absolute atomic E-state index is 0.183. The number of nitrogens with one attached hydrogen (secondary N) is 1. The van der Waals surface area contributed by atoms with Gasteiger partial charge in [0.25, 0.3) is 0 Å². The summed E-state index contributed by atoms with van der Waals surface area (Å²) >= 11 is 0. The van der Waals surface area contributed by atoms with Crippen LogP contribution in [0.4, 0.5) is 10.2 Å². The highest BCUT2D eigenvalue weighted by Crippen LogP contribution is 2.42. The molecule has 6 heteroatoms. The number of nitrogens with zero attached hydrogens (tertiary/aromatic N) is 4. The molecule has 1 aliphatic carbocycles. The fourth-order valence-corrected chi connectivity index (χ4v) is 2.62. The molecule has 0 amide bonds. The van der Waals surface area contributed by atoms with Crippen molar-refractivity contribution >= 4 is 11.5 Å². The fraction of sp³-hybridized carbons (Fsp3) is 0.267. The summed E-state index contributed by atoms with van der Waals surface area (Å²) in [4.78, 5) is 0. The van der Waals surface area contributed by atoms with E-state index in [2.05, 4.69) is 20.6 Å². The lowest BCUT2D eigenvalue weighted by atomic mass is 10.1. The molecular weight excluding hydrogens is 269 g/mol. The van der Waals surface area contributed by atoms with Crippen LogP contribution in [0.25, 0.3) is 5.65 Å². The van der Waals surface area contributed by atoms with Crippen molar-refractivity contribution < 1.29 is 4.39 Å². The molecule has 0 radical (unpaired) electrons. The Morgan fingerprint density at radius 1 is 1.24 bits per heavy atom. The predicted octanol–water partition coefficient (Wildman–Crippen LogP) is 2.54. The summed E-state index contributed by atoms with van der Waals surface area (Å²) in [5.74, 6) is 1.71. The maximum absolute atomic E-state index is 13.2. The van der Waals surface area contributed by atoms with Crippen LogP contribution in [-0.4, -0.2) is 25.9 Å². The van der Waals surface area contributed by atoms with E-state index in [-0.39, 0.29) is 5.82 Å². The predicted molar refractivity (Wildman–Crippen MR) is 76.7 cm³/mol. The first-order valence-electron chi connectivity index (χ1n) is 6.92. The van der Waals surface area contributed by atoms with Crippen molar-refractivity contribution in [1.29, 1.82) is 0 Å². The van der Waals surface area contributed by atoms with Crippen molar-refractivity contribution in [3.05, 3.63) is 53.6 Å². The third-order valence-electron chi connectivity index (χ3n) is 3.82. The molecule has 2 atom stereocenters. The zero-order valence-corrected chi connectivity index (χ0v) is 11.5. The maximum Gasteiger partial charge on any atom is 0.178 e. The molecule has 0 unspecified atom stereocenters. The van der Waals surface area contributed by atoms with E-state index in [4.69, 9.17) is 0 Å². The van der Waals surface area contributed by atoms with Gasteiger partial charge in [-0.15, -0.1) is 15.3 Å². The SMILES string of the molecule is Cc1nnc2ccc(N[C@@H]3C[C@H]3c3cccc(F)c3)nn12. The average Bonchev–Trinajstić information content (AvgIpc) is 3.15. The van der Waals surface area contributed by atoms with Gasteiger partial charge in [0, 0.05) is 12.0 Å². The fourth-order valence-electron chi connectivity index (χ4n) is 2.62. The second-order valence-corrected chi connectivity index (χ2v) is 5.38. The summed E-state index contributed by atoms with van der Waals surface area (Å²) in [6, 6.07) is 10.9. The largest absolute Gasteiger partial charge is 0.365 e. The molecule has 1 saturated carbocycles. The molecule has 5 nitrogen and oxygen atoms in total. The topological polar surface area (TPSA) is 55.1 Å². The highest BCUT2D eigenvalue weighted by Gasteiger charge is 2.38. The van der Waals surface area contributed by atoms with Gasteiger partial charge in [-0.2, -0.15) is 4.52 Å².